The number of carboxylic acids is 1. The Hall–Kier alpha value is -2.94. The number of carboxylic acid groups (broad SMARTS) is 1. The third kappa shape index (κ3) is 3.64. The predicted molar refractivity (Wildman–Crippen MR) is 79.1 cm³/mol. The maximum absolute atomic E-state index is 13.6. The van der Waals surface area contributed by atoms with Crippen LogP contribution in [0.4, 0.5) is 10.1 Å². The number of rotatable bonds is 5. The molecule has 0 heterocycles. The monoisotopic (exact) mass is 338 g/mol. The van der Waals surface area contributed by atoms with Gasteiger partial charge in [-0.2, -0.15) is 0 Å². The van der Waals surface area contributed by atoms with Crippen LogP contribution in [0.5, 0.6) is 0 Å². The molecule has 1 amide bonds. The number of nitrogens with one attached hydrogen (secondary N) is 1. The molecule has 0 bridgehead atoms. The van der Waals surface area contributed by atoms with Crippen molar-refractivity contribution in [3.8, 4) is 0 Å². The smallest absolute Gasteiger partial charge is 0.338 e. The van der Waals surface area contributed by atoms with E-state index in [2.05, 4.69) is 4.72 Å². The largest absolute Gasteiger partial charge is 0.478 e. The summed E-state index contributed by atoms with van der Waals surface area (Å²) in [4.78, 5) is 21.5. The minimum absolute atomic E-state index is 0.133. The molecule has 0 spiro atoms. The Morgan fingerprint density at radius 3 is 2.17 bits per heavy atom. The van der Waals surface area contributed by atoms with Crippen molar-refractivity contribution in [2.24, 2.45) is 5.73 Å². The first-order chi connectivity index (χ1) is 10.7. The van der Waals surface area contributed by atoms with Gasteiger partial charge in [0.15, 0.2) is 0 Å². The third-order valence-corrected chi connectivity index (χ3v) is 4.30. The Morgan fingerprint density at radius 2 is 1.70 bits per heavy atom. The van der Waals surface area contributed by atoms with Crippen LogP contribution in [0.1, 0.15) is 20.7 Å². The molecule has 2 rings (SSSR count). The summed E-state index contributed by atoms with van der Waals surface area (Å²) >= 11 is 0. The van der Waals surface area contributed by atoms with Crippen molar-refractivity contribution in [3.05, 3.63) is 59.4 Å². The fourth-order valence-corrected chi connectivity index (χ4v) is 2.81. The Balaban J connectivity index is 2.29. The lowest BCUT2D eigenvalue weighted by Gasteiger charge is -2.09. The number of primary amides is 1. The van der Waals surface area contributed by atoms with Crippen molar-refractivity contribution in [2.75, 3.05) is 4.72 Å². The number of sulfonamides is 1. The van der Waals surface area contributed by atoms with Gasteiger partial charge in [0.2, 0.25) is 5.91 Å². The van der Waals surface area contributed by atoms with E-state index in [1.54, 1.807) is 0 Å². The zero-order valence-electron chi connectivity index (χ0n) is 11.5. The van der Waals surface area contributed by atoms with E-state index in [0.29, 0.717) is 0 Å². The van der Waals surface area contributed by atoms with Crippen LogP contribution in [0.2, 0.25) is 0 Å². The lowest BCUT2D eigenvalue weighted by molar-refractivity contribution is 0.0691. The number of nitrogens with two attached hydrogens (primary N) is 1. The highest BCUT2D eigenvalue weighted by atomic mass is 32.2. The molecule has 4 N–H and O–H groups in total. The average molecular weight is 338 g/mol. The van der Waals surface area contributed by atoms with E-state index < -0.39 is 33.3 Å². The molecule has 0 aliphatic heterocycles. The molecular formula is C14H11FN2O5S. The predicted octanol–water partition coefficient (Wildman–Crippen LogP) is 1.42. The minimum Gasteiger partial charge on any atom is -0.478 e. The van der Waals surface area contributed by atoms with Gasteiger partial charge in [0.05, 0.1) is 16.1 Å². The van der Waals surface area contributed by atoms with Crippen LogP contribution >= 0.6 is 0 Å². The zero-order valence-corrected chi connectivity index (χ0v) is 12.3. The van der Waals surface area contributed by atoms with E-state index in [4.69, 9.17) is 10.8 Å². The molecule has 0 atom stereocenters. The molecule has 7 nitrogen and oxygen atoms in total. The quantitative estimate of drug-likeness (QED) is 0.760. The van der Waals surface area contributed by atoms with E-state index in [1.807, 2.05) is 0 Å². The number of amides is 1. The molecule has 2 aromatic carbocycles. The first-order valence-corrected chi connectivity index (χ1v) is 7.64. The molecule has 120 valence electrons. The van der Waals surface area contributed by atoms with Crippen molar-refractivity contribution in [1.29, 1.82) is 0 Å². The van der Waals surface area contributed by atoms with Crippen LogP contribution in [0.3, 0.4) is 0 Å². The molecule has 0 aromatic heterocycles. The van der Waals surface area contributed by atoms with Gasteiger partial charge >= 0.3 is 5.97 Å². The van der Waals surface area contributed by atoms with Crippen molar-refractivity contribution in [2.45, 2.75) is 4.90 Å². The number of carbonyl (C=O) groups excluding carboxylic acids is 1. The van der Waals surface area contributed by atoms with Crippen LogP contribution in [0, 0.1) is 5.82 Å². The van der Waals surface area contributed by atoms with Gasteiger partial charge in [-0.25, -0.2) is 17.6 Å². The van der Waals surface area contributed by atoms with Crippen molar-refractivity contribution in [3.63, 3.8) is 0 Å². The molecule has 0 unspecified atom stereocenters. The first-order valence-electron chi connectivity index (χ1n) is 6.16. The Bertz CT molecular complexity index is 879. The highest BCUT2D eigenvalue weighted by molar-refractivity contribution is 7.92. The first kappa shape index (κ1) is 16.4. The summed E-state index contributed by atoms with van der Waals surface area (Å²) in [5.74, 6) is -3.23. The lowest BCUT2D eigenvalue weighted by Crippen LogP contribution is -2.15. The van der Waals surface area contributed by atoms with Gasteiger partial charge < -0.3 is 10.8 Å². The summed E-state index contributed by atoms with van der Waals surface area (Å²) in [5, 5.41) is 8.72. The number of benzene rings is 2. The second-order valence-corrected chi connectivity index (χ2v) is 6.18. The molecule has 0 radical (unpaired) electrons. The van der Waals surface area contributed by atoms with E-state index in [-0.39, 0.29) is 16.1 Å². The fraction of sp³-hybridized carbons (Fsp3) is 0. The molecule has 0 aliphatic rings. The van der Waals surface area contributed by atoms with Crippen LogP contribution in [0.15, 0.2) is 47.4 Å². The molecule has 0 saturated heterocycles. The summed E-state index contributed by atoms with van der Waals surface area (Å²) < 4.78 is 40.0. The second kappa shape index (κ2) is 6.05. The molecule has 9 heteroatoms. The molecule has 0 aliphatic carbocycles. The second-order valence-electron chi connectivity index (χ2n) is 4.49. The van der Waals surface area contributed by atoms with Crippen LogP contribution < -0.4 is 10.5 Å². The highest BCUT2D eigenvalue weighted by Gasteiger charge is 2.17. The SMILES string of the molecule is NC(=O)c1ccc(S(=O)(=O)Nc2ccc(C(=O)O)c(F)c2)cc1. The van der Waals surface area contributed by atoms with Gasteiger partial charge in [0, 0.05) is 5.56 Å². The zero-order chi connectivity index (χ0) is 17.2. The van der Waals surface area contributed by atoms with Gasteiger partial charge in [-0.3, -0.25) is 9.52 Å². The summed E-state index contributed by atoms with van der Waals surface area (Å²) in [6.45, 7) is 0. The highest BCUT2D eigenvalue weighted by Crippen LogP contribution is 2.19. The number of hydrogen-bond donors (Lipinski definition) is 3. The summed E-state index contributed by atoms with van der Waals surface area (Å²) in [6, 6.07) is 7.66. The van der Waals surface area contributed by atoms with Crippen molar-refractivity contribution in [1.82, 2.24) is 0 Å². The fourth-order valence-electron chi connectivity index (χ4n) is 1.76. The summed E-state index contributed by atoms with van der Waals surface area (Å²) in [6.07, 6.45) is 0. The lowest BCUT2D eigenvalue weighted by atomic mass is 10.2. The van der Waals surface area contributed by atoms with Crippen LogP contribution in [-0.4, -0.2) is 25.4 Å². The van der Waals surface area contributed by atoms with Crippen LogP contribution in [0.25, 0.3) is 0 Å². The van der Waals surface area contributed by atoms with Crippen LogP contribution in [-0.2, 0) is 10.0 Å². The molecule has 2 aromatic rings. The number of carbonyl (C=O) groups is 2. The summed E-state index contributed by atoms with van der Waals surface area (Å²) in [5.41, 5.74) is 4.49. The van der Waals surface area contributed by atoms with E-state index in [0.717, 1.165) is 18.2 Å². The van der Waals surface area contributed by atoms with Gasteiger partial charge in [-0.15, -0.1) is 0 Å². The number of halogens is 1. The molecule has 0 fully saturated rings. The van der Waals surface area contributed by atoms with E-state index >= 15 is 0 Å². The van der Waals surface area contributed by atoms with E-state index in [1.165, 1.54) is 24.3 Å². The molecule has 0 saturated carbocycles. The maximum Gasteiger partial charge on any atom is 0.338 e. The summed E-state index contributed by atoms with van der Waals surface area (Å²) in [7, 11) is -4.02. The normalized spacial score (nSPS) is 11.0. The molecule has 23 heavy (non-hydrogen) atoms. The Kier molecular flexibility index (Phi) is 4.32. The standard InChI is InChI=1S/C14H11FN2O5S/c15-12-7-9(3-6-11(12)14(19)20)17-23(21,22)10-4-1-8(2-5-10)13(16)18/h1-7,17H,(H2,16,18)(H,19,20). The Morgan fingerprint density at radius 1 is 1.09 bits per heavy atom. The van der Waals surface area contributed by atoms with Gasteiger partial charge in [0.1, 0.15) is 5.82 Å². The minimum atomic E-state index is -4.02. The number of anilines is 1. The third-order valence-electron chi connectivity index (χ3n) is 2.90. The maximum atomic E-state index is 13.6. The Labute approximate surface area is 130 Å². The topological polar surface area (TPSA) is 127 Å². The van der Waals surface area contributed by atoms with Gasteiger partial charge in [-0.05, 0) is 42.5 Å². The van der Waals surface area contributed by atoms with Crippen molar-refractivity contribution < 1.29 is 27.5 Å². The number of hydrogen-bond acceptors (Lipinski definition) is 4. The van der Waals surface area contributed by atoms with Gasteiger partial charge in [-0.1, -0.05) is 0 Å². The average Bonchev–Trinajstić information content (AvgIpc) is 2.46. The van der Waals surface area contributed by atoms with E-state index in [9.17, 15) is 22.4 Å². The molecular weight excluding hydrogens is 327 g/mol. The van der Waals surface area contributed by atoms with Gasteiger partial charge in [0.25, 0.3) is 10.0 Å². The van der Waals surface area contributed by atoms with Crippen molar-refractivity contribution >= 4 is 27.6 Å². The number of aromatic carboxylic acids is 1.